The van der Waals surface area contributed by atoms with E-state index < -0.39 is 0 Å². The third-order valence-electron chi connectivity index (χ3n) is 0.726. The molecule has 0 N–H and O–H groups in total. The molecule has 52 valence electrons. The molecule has 4 heteroatoms. The maximum Gasteiger partial charge on any atom is 1.00 e. The summed E-state index contributed by atoms with van der Waals surface area (Å²) in [4.78, 5) is 12.2. The minimum absolute atomic E-state index is 0. The standard InChI is InChI=1S/C6H11NO2.Na/c1-7(2)5-6(9)3-4-8;/h3-4,8H,5H2,1-2H3;/q;+1/p-1/b4-3-;. The van der Waals surface area contributed by atoms with E-state index in [1.807, 2.05) is 0 Å². The summed E-state index contributed by atoms with van der Waals surface area (Å²) in [6, 6.07) is 0. The second-order valence-electron chi connectivity index (χ2n) is 2.01. The molecule has 0 saturated carbocycles. The van der Waals surface area contributed by atoms with Crippen LogP contribution in [-0.4, -0.2) is 31.3 Å². The van der Waals surface area contributed by atoms with Crippen LogP contribution in [0.1, 0.15) is 0 Å². The number of carbonyl (C=O) groups excluding carboxylic acids is 1. The third kappa shape index (κ3) is 8.17. The molecule has 0 aliphatic heterocycles. The Kier molecular flexibility index (Phi) is 9.33. The molecule has 0 atom stereocenters. The predicted molar refractivity (Wildman–Crippen MR) is 32.7 cm³/mol. The maximum absolute atomic E-state index is 10.5. The minimum atomic E-state index is -0.157. The maximum atomic E-state index is 10.5. The monoisotopic (exact) mass is 151 g/mol. The van der Waals surface area contributed by atoms with E-state index in [9.17, 15) is 9.90 Å². The van der Waals surface area contributed by atoms with Crippen molar-refractivity contribution in [3.05, 3.63) is 12.3 Å². The number of rotatable bonds is 3. The van der Waals surface area contributed by atoms with Crippen molar-refractivity contribution in [2.45, 2.75) is 0 Å². The molecular formula is C6H10NNaO2. The van der Waals surface area contributed by atoms with Crippen molar-refractivity contribution in [1.82, 2.24) is 4.90 Å². The molecular weight excluding hydrogens is 141 g/mol. The van der Waals surface area contributed by atoms with Gasteiger partial charge in [-0.15, -0.1) is 6.26 Å². The molecule has 0 unspecified atom stereocenters. The van der Waals surface area contributed by atoms with Gasteiger partial charge in [-0.3, -0.25) is 4.79 Å². The first-order valence-electron chi connectivity index (χ1n) is 2.63. The molecule has 0 saturated heterocycles. The number of nitrogens with zero attached hydrogens (tertiary/aromatic N) is 1. The van der Waals surface area contributed by atoms with E-state index in [1.54, 1.807) is 19.0 Å². The predicted octanol–water partition coefficient (Wildman–Crippen LogP) is -4.00. The van der Waals surface area contributed by atoms with Crippen molar-refractivity contribution in [2.24, 2.45) is 0 Å². The van der Waals surface area contributed by atoms with Crippen LogP contribution >= 0.6 is 0 Å². The fourth-order valence-corrected chi connectivity index (χ4v) is 0.440. The van der Waals surface area contributed by atoms with Crippen molar-refractivity contribution in [3.63, 3.8) is 0 Å². The van der Waals surface area contributed by atoms with Gasteiger partial charge in [0.05, 0.1) is 6.54 Å². The van der Waals surface area contributed by atoms with Crippen LogP contribution in [0.2, 0.25) is 0 Å². The van der Waals surface area contributed by atoms with Crippen LogP contribution < -0.4 is 34.7 Å². The summed E-state index contributed by atoms with van der Waals surface area (Å²) in [5.74, 6) is -0.157. The van der Waals surface area contributed by atoms with E-state index in [1.165, 1.54) is 0 Å². The van der Waals surface area contributed by atoms with Crippen molar-refractivity contribution in [3.8, 4) is 0 Å². The smallest absolute Gasteiger partial charge is 0.878 e. The molecule has 0 radical (unpaired) electrons. The van der Waals surface area contributed by atoms with Gasteiger partial charge >= 0.3 is 29.6 Å². The summed E-state index contributed by atoms with van der Waals surface area (Å²) in [6.45, 7) is 0.304. The Bertz CT molecular complexity index is 123. The van der Waals surface area contributed by atoms with Gasteiger partial charge in [0.1, 0.15) is 0 Å². The first-order chi connectivity index (χ1) is 4.16. The zero-order valence-electron chi connectivity index (χ0n) is 6.63. The van der Waals surface area contributed by atoms with Gasteiger partial charge in [0.2, 0.25) is 0 Å². The zero-order valence-corrected chi connectivity index (χ0v) is 8.63. The van der Waals surface area contributed by atoms with Crippen molar-refractivity contribution in [2.75, 3.05) is 20.6 Å². The number of likely N-dealkylation sites (N-methyl/N-ethyl adjacent to an activating group) is 1. The fraction of sp³-hybridized carbons (Fsp3) is 0.500. The van der Waals surface area contributed by atoms with Crippen molar-refractivity contribution >= 4 is 5.78 Å². The summed E-state index contributed by atoms with van der Waals surface area (Å²) in [5.41, 5.74) is 0. The largest absolute Gasteiger partial charge is 1.00 e. The Hall–Kier alpha value is 0.170. The van der Waals surface area contributed by atoms with Gasteiger partial charge in [-0.1, -0.05) is 0 Å². The molecule has 0 aliphatic carbocycles. The van der Waals surface area contributed by atoms with Crippen LogP contribution in [-0.2, 0) is 4.79 Å². The van der Waals surface area contributed by atoms with Gasteiger partial charge in [-0.25, -0.2) is 0 Å². The van der Waals surface area contributed by atoms with Crippen LogP contribution in [0.5, 0.6) is 0 Å². The number of hydrogen-bond donors (Lipinski definition) is 0. The van der Waals surface area contributed by atoms with Crippen LogP contribution in [0.3, 0.4) is 0 Å². The van der Waals surface area contributed by atoms with E-state index in [-0.39, 0.29) is 35.3 Å². The molecule has 0 amide bonds. The Morgan fingerprint density at radius 2 is 2.10 bits per heavy atom. The summed E-state index contributed by atoms with van der Waals surface area (Å²) >= 11 is 0. The van der Waals surface area contributed by atoms with Crippen molar-refractivity contribution < 1.29 is 39.5 Å². The van der Waals surface area contributed by atoms with Gasteiger partial charge in [0.25, 0.3) is 0 Å². The first-order valence-corrected chi connectivity index (χ1v) is 2.63. The summed E-state index contributed by atoms with van der Waals surface area (Å²) in [6.07, 6.45) is 1.53. The SMILES string of the molecule is CN(C)CC(=O)/C=C\[O-].[Na+]. The van der Waals surface area contributed by atoms with Gasteiger partial charge in [-0.2, -0.15) is 0 Å². The molecule has 0 aromatic heterocycles. The molecule has 0 aromatic rings. The molecule has 0 bridgehead atoms. The topological polar surface area (TPSA) is 43.4 Å². The second kappa shape index (κ2) is 7.28. The molecule has 0 spiro atoms. The summed E-state index contributed by atoms with van der Waals surface area (Å²) in [7, 11) is 3.55. The first kappa shape index (κ1) is 12.8. The Labute approximate surface area is 83.0 Å². The molecule has 0 rings (SSSR count). The quantitative estimate of drug-likeness (QED) is 0.234. The Morgan fingerprint density at radius 3 is 2.40 bits per heavy atom. The number of hydrogen-bond acceptors (Lipinski definition) is 3. The molecule has 0 heterocycles. The summed E-state index contributed by atoms with van der Waals surface area (Å²) < 4.78 is 0. The normalized spacial score (nSPS) is 9.90. The molecule has 10 heavy (non-hydrogen) atoms. The Balaban J connectivity index is 0. The van der Waals surface area contributed by atoms with Gasteiger partial charge in [0.15, 0.2) is 5.78 Å². The van der Waals surface area contributed by atoms with Crippen LogP contribution in [0.15, 0.2) is 12.3 Å². The molecule has 3 nitrogen and oxygen atoms in total. The average Bonchev–Trinajstić information content (AvgIpc) is 1.63. The number of ketones is 1. The summed E-state index contributed by atoms with van der Waals surface area (Å²) in [5, 5.41) is 9.70. The number of carbonyl (C=O) groups is 1. The van der Waals surface area contributed by atoms with Crippen LogP contribution in [0.25, 0.3) is 0 Å². The third-order valence-corrected chi connectivity index (χ3v) is 0.726. The van der Waals surface area contributed by atoms with E-state index in [4.69, 9.17) is 0 Å². The average molecular weight is 151 g/mol. The Morgan fingerprint density at radius 1 is 1.60 bits per heavy atom. The van der Waals surface area contributed by atoms with Crippen molar-refractivity contribution in [1.29, 1.82) is 0 Å². The second-order valence-corrected chi connectivity index (χ2v) is 2.01. The zero-order chi connectivity index (χ0) is 7.28. The van der Waals surface area contributed by atoms with Crippen LogP contribution in [0, 0.1) is 0 Å². The fourth-order valence-electron chi connectivity index (χ4n) is 0.440. The van der Waals surface area contributed by atoms with E-state index in [0.29, 0.717) is 12.8 Å². The van der Waals surface area contributed by atoms with E-state index in [2.05, 4.69) is 0 Å². The van der Waals surface area contributed by atoms with Gasteiger partial charge < -0.3 is 10.0 Å². The van der Waals surface area contributed by atoms with Crippen LogP contribution in [0.4, 0.5) is 0 Å². The molecule has 0 fully saturated rings. The minimum Gasteiger partial charge on any atom is -0.878 e. The van der Waals surface area contributed by atoms with Gasteiger partial charge in [-0.05, 0) is 20.2 Å². The van der Waals surface area contributed by atoms with E-state index >= 15 is 0 Å². The van der Waals surface area contributed by atoms with Gasteiger partial charge in [0, 0.05) is 0 Å². The van der Waals surface area contributed by atoms with E-state index in [0.717, 1.165) is 6.08 Å². The molecule has 0 aromatic carbocycles. The molecule has 0 aliphatic rings.